The van der Waals surface area contributed by atoms with Crippen LogP contribution in [0.25, 0.3) is 0 Å². The predicted molar refractivity (Wildman–Crippen MR) is 88.3 cm³/mol. The molecule has 7 nitrogen and oxygen atoms in total. The fourth-order valence-corrected chi connectivity index (χ4v) is 2.41. The van der Waals surface area contributed by atoms with E-state index in [-0.39, 0.29) is 18.1 Å². The predicted octanol–water partition coefficient (Wildman–Crippen LogP) is 2.41. The highest BCUT2D eigenvalue weighted by Gasteiger charge is 2.08. The van der Waals surface area contributed by atoms with Crippen molar-refractivity contribution in [2.75, 3.05) is 19.1 Å². The number of hydrogen-bond donors (Lipinski definition) is 2. The molecule has 0 saturated carbocycles. The van der Waals surface area contributed by atoms with E-state index < -0.39 is 0 Å². The molecule has 0 spiro atoms. The Kier molecular flexibility index (Phi) is 5.93. The van der Waals surface area contributed by atoms with E-state index >= 15 is 0 Å². The lowest BCUT2D eigenvalue weighted by Gasteiger charge is -2.02. The molecular weight excluding hydrogens is 318 g/mol. The molecule has 0 aliphatic carbocycles. The normalized spacial score (nSPS) is 10.7. The number of ether oxygens (including phenoxy) is 2. The molecule has 0 unspecified atom stereocenters. The fraction of sp³-hybridized carbons (Fsp3) is 0.267. The summed E-state index contributed by atoms with van der Waals surface area (Å²) in [6, 6.07) is 4.95. The monoisotopic (exact) mass is 335 g/mol. The first-order valence-electron chi connectivity index (χ1n) is 6.88. The van der Waals surface area contributed by atoms with Gasteiger partial charge in [0.2, 0.25) is 5.13 Å². The SMILES string of the molecule is CCOC(=O)Cc1csc(N/N=C\c2ccc(OC)c(O)c2)n1. The summed E-state index contributed by atoms with van der Waals surface area (Å²) in [5.41, 5.74) is 4.12. The van der Waals surface area contributed by atoms with Crippen molar-refractivity contribution in [1.29, 1.82) is 0 Å². The number of aromatic nitrogens is 1. The number of benzene rings is 1. The van der Waals surface area contributed by atoms with Gasteiger partial charge in [-0.15, -0.1) is 11.3 Å². The third-order valence-electron chi connectivity index (χ3n) is 2.76. The van der Waals surface area contributed by atoms with E-state index in [0.717, 1.165) is 0 Å². The van der Waals surface area contributed by atoms with Crippen LogP contribution in [0.1, 0.15) is 18.2 Å². The highest BCUT2D eigenvalue weighted by atomic mass is 32.1. The molecule has 0 atom stereocenters. The first kappa shape index (κ1) is 16.8. The molecule has 23 heavy (non-hydrogen) atoms. The van der Waals surface area contributed by atoms with E-state index in [9.17, 15) is 9.90 Å². The average molecular weight is 335 g/mol. The summed E-state index contributed by atoms with van der Waals surface area (Å²) in [5.74, 6) is 0.141. The molecule has 8 heteroatoms. The Balaban J connectivity index is 1.92. The van der Waals surface area contributed by atoms with Crippen molar-refractivity contribution >= 4 is 28.7 Å². The zero-order chi connectivity index (χ0) is 16.7. The van der Waals surface area contributed by atoms with Crippen LogP contribution in [0.4, 0.5) is 5.13 Å². The Morgan fingerprint density at radius 2 is 2.35 bits per heavy atom. The zero-order valence-electron chi connectivity index (χ0n) is 12.8. The summed E-state index contributed by atoms with van der Waals surface area (Å²) >= 11 is 1.34. The Labute approximate surface area is 137 Å². The molecule has 122 valence electrons. The van der Waals surface area contributed by atoms with Crippen LogP contribution in [-0.2, 0) is 16.0 Å². The maximum atomic E-state index is 11.4. The standard InChI is InChI=1S/C15H17N3O4S/c1-3-22-14(20)7-11-9-23-15(17-11)18-16-8-10-4-5-13(21-2)12(19)6-10/h4-6,8-9,19H,3,7H2,1-2H3,(H,17,18)/b16-8-. The van der Waals surface area contributed by atoms with Crippen molar-refractivity contribution < 1.29 is 19.4 Å². The number of thiazole rings is 1. The van der Waals surface area contributed by atoms with Crippen LogP contribution in [0.2, 0.25) is 0 Å². The van der Waals surface area contributed by atoms with Gasteiger partial charge in [0.05, 0.1) is 32.0 Å². The number of hydrogen-bond acceptors (Lipinski definition) is 8. The minimum absolute atomic E-state index is 0.0439. The van der Waals surface area contributed by atoms with Gasteiger partial charge in [-0.3, -0.25) is 10.2 Å². The summed E-state index contributed by atoms with van der Waals surface area (Å²) in [4.78, 5) is 15.6. The maximum Gasteiger partial charge on any atom is 0.311 e. The van der Waals surface area contributed by atoms with Gasteiger partial charge in [0.15, 0.2) is 11.5 Å². The van der Waals surface area contributed by atoms with Gasteiger partial charge >= 0.3 is 5.97 Å². The number of methoxy groups -OCH3 is 1. The molecule has 0 aliphatic heterocycles. The van der Waals surface area contributed by atoms with Crippen LogP contribution in [0.15, 0.2) is 28.7 Å². The van der Waals surface area contributed by atoms with Gasteiger partial charge in [0, 0.05) is 5.38 Å². The van der Waals surface area contributed by atoms with E-state index in [0.29, 0.717) is 28.7 Å². The smallest absolute Gasteiger partial charge is 0.311 e. The average Bonchev–Trinajstić information content (AvgIpc) is 2.95. The summed E-state index contributed by atoms with van der Waals surface area (Å²) < 4.78 is 9.84. The Hall–Kier alpha value is -2.61. The summed E-state index contributed by atoms with van der Waals surface area (Å²) in [7, 11) is 1.49. The quantitative estimate of drug-likeness (QED) is 0.458. The summed E-state index contributed by atoms with van der Waals surface area (Å²) in [6.07, 6.45) is 1.69. The lowest BCUT2D eigenvalue weighted by Crippen LogP contribution is -2.07. The maximum absolute atomic E-state index is 11.4. The Bertz CT molecular complexity index is 700. The van der Waals surface area contributed by atoms with E-state index in [2.05, 4.69) is 15.5 Å². The molecule has 0 saturated heterocycles. The van der Waals surface area contributed by atoms with Gasteiger partial charge in [-0.05, 0) is 30.7 Å². The fourth-order valence-electron chi connectivity index (χ4n) is 1.75. The highest BCUT2D eigenvalue weighted by molar-refractivity contribution is 7.13. The molecule has 0 bridgehead atoms. The molecule has 1 aromatic carbocycles. The number of carbonyl (C=O) groups is 1. The zero-order valence-corrected chi connectivity index (χ0v) is 13.6. The van der Waals surface area contributed by atoms with Crippen molar-refractivity contribution in [3.63, 3.8) is 0 Å². The molecule has 1 aromatic heterocycles. The van der Waals surface area contributed by atoms with Crippen LogP contribution in [0.3, 0.4) is 0 Å². The molecule has 2 aromatic rings. The molecule has 2 rings (SSSR count). The van der Waals surface area contributed by atoms with E-state index in [1.165, 1.54) is 24.5 Å². The number of nitrogens with one attached hydrogen (secondary N) is 1. The van der Waals surface area contributed by atoms with Crippen molar-refractivity contribution in [3.8, 4) is 11.5 Å². The largest absolute Gasteiger partial charge is 0.504 e. The first-order chi connectivity index (χ1) is 11.1. The third-order valence-corrected chi connectivity index (χ3v) is 3.56. The van der Waals surface area contributed by atoms with E-state index in [4.69, 9.17) is 9.47 Å². The summed E-state index contributed by atoms with van der Waals surface area (Å²) in [6.45, 7) is 2.12. The summed E-state index contributed by atoms with van der Waals surface area (Å²) in [5, 5.41) is 16.1. The molecule has 0 amide bonds. The topological polar surface area (TPSA) is 93.0 Å². The number of phenols is 1. The first-order valence-corrected chi connectivity index (χ1v) is 7.76. The van der Waals surface area contributed by atoms with Crippen molar-refractivity contribution in [1.82, 2.24) is 4.98 Å². The molecule has 0 radical (unpaired) electrons. The minimum Gasteiger partial charge on any atom is -0.504 e. The van der Waals surface area contributed by atoms with E-state index in [1.54, 1.807) is 30.7 Å². The number of rotatable bonds is 7. The van der Waals surface area contributed by atoms with Gasteiger partial charge in [-0.25, -0.2) is 4.98 Å². The lowest BCUT2D eigenvalue weighted by atomic mass is 10.2. The second kappa shape index (κ2) is 8.14. The van der Waals surface area contributed by atoms with Crippen LogP contribution >= 0.6 is 11.3 Å². The van der Waals surface area contributed by atoms with Gasteiger partial charge < -0.3 is 14.6 Å². The minimum atomic E-state index is -0.304. The highest BCUT2D eigenvalue weighted by Crippen LogP contribution is 2.25. The molecule has 2 N–H and O–H groups in total. The molecule has 0 aliphatic rings. The van der Waals surface area contributed by atoms with Gasteiger partial charge in [0.25, 0.3) is 0 Å². The molecule has 1 heterocycles. The number of anilines is 1. The third kappa shape index (κ3) is 4.96. The van der Waals surface area contributed by atoms with Crippen molar-refractivity contribution in [3.05, 3.63) is 34.8 Å². The number of esters is 1. The van der Waals surface area contributed by atoms with E-state index in [1.807, 2.05) is 0 Å². The number of nitrogens with zero attached hydrogens (tertiary/aromatic N) is 2. The van der Waals surface area contributed by atoms with Crippen molar-refractivity contribution in [2.45, 2.75) is 13.3 Å². The second-order valence-electron chi connectivity index (χ2n) is 4.43. The number of aromatic hydroxyl groups is 1. The Morgan fingerprint density at radius 3 is 3.04 bits per heavy atom. The van der Waals surface area contributed by atoms with Gasteiger partial charge in [-0.1, -0.05) is 0 Å². The van der Waals surface area contributed by atoms with Crippen LogP contribution < -0.4 is 10.2 Å². The van der Waals surface area contributed by atoms with Crippen LogP contribution in [-0.4, -0.2) is 36.0 Å². The second-order valence-corrected chi connectivity index (χ2v) is 5.29. The van der Waals surface area contributed by atoms with Crippen LogP contribution in [0.5, 0.6) is 11.5 Å². The number of hydrazone groups is 1. The van der Waals surface area contributed by atoms with Crippen molar-refractivity contribution in [2.24, 2.45) is 5.10 Å². The molecule has 0 fully saturated rings. The van der Waals surface area contributed by atoms with Gasteiger partial charge in [0.1, 0.15) is 0 Å². The molecular formula is C15H17N3O4S. The number of phenolic OH excluding ortho intramolecular Hbond substituents is 1. The Morgan fingerprint density at radius 1 is 1.52 bits per heavy atom. The van der Waals surface area contributed by atoms with Gasteiger partial charge in [-0.2, -0.15) is 5.10 Å². The lowest BCUT2D eigenvalue weighted by molar-refractivity contribution is -0.142. The van der Waals surface area contributed by atoms with Crippen LogP contribution in [0, 0.1) is 0 Å². The number of carbonyl (C=O) groups excluding carboxylic acids is 1.